The Morgan fingerprint density at radius 3 is 3.12 bits per heavy atom. The Morgan fingerprint density at radius 1 is 1.38 bits per heavy atom. The molecule has 1 aliphatic heterocycles. The Bertz CT molecular complexity index is 523. The van der Waals surface area contributed by atoms with Crippen LogP contribution < -0.4 is 5.32 Å². The van der Waals surface area contributed by atoms with Crippen molar-refractivity contribution < 1.29 is 9.21 Å². The summed E-state index contributed by atoms with van der Waals surface area (Å²) in [4.78, 5) is 12.1. The number of Topliss-reactive ketones (excluding diaryl/α,β-unsaturated/α-hetero) is 1. The molecule has 1 unspecified atom stereocenters. The third kappa shape index (κ3) is 1.53. The molecule has 2 heterocycles. The maximum Gasteiger partial charge on any atom is 0.179 e. The molecule has 1 fully saturated rings. The second-order valence-corrected chi connectivity index (χ2v) is 4.19. The highest BCUT2D eigenvalue weighted by Crippen LogP contribution is 2.19. The number of carbonyl (C=O) groups excluding carboxylic acids is 1. The fourth-order valence-corrected chi connectivity index (χ4v) is 2.23. The lowest BCUT2D eigenvalue weighted by Crippen LogP contribution is -2.30. The van der Waals surface area contributed by atoms with Gasteiger partial charge in [0, 0.05) is 10.9 Å². The number of ketones is 1. The smallest absolute Gasteiger partial charge is 0.179 e. The number of rotatable bonds is 2. The lowest BCUT2D eigenvalue weighted by Gasteiger charge is -2.08. The topological polar surface area (TPSA) is 42.2 Å². The van der Waals surface area contributed by atoms with E-state index in [1.165, 1.54) is 0 Å². The molecular formula is C13H13NO2. The van der Waals surface area contributed by atoms with E-state index in [0.29, 0.717) is 0 Å². The van der Waals surface area contributed by atoms with Crippen molar-refractivity contribution in [1.82, 2.24) is 5.32 Å². The Balaban J connectivity index is 1.95. The molecule has 0 spiro atoms. The van der Waals surface area contributed by atoms with Crippen LogP contribution in [0.4, 0.5) is 0 Å². The number of benzene rings is 1. The van der Waals surface area contributed by atoms with Gasteiger partial charge in [0.2, 0.25) is 0 Å². The molecule has 0 saturated carbocycles. The van der Waals surface area contributed by atoms with Crippen LogP contribution in [0.2, 0.25) is 0 Å². The lowest BCUT2D eigenvalue weighted by atomic mass is 10.0. The summed E-state index contributed by atoms with van der Waals surface area (Å²) in [5.74, 6) is 0.195. The SMILES string of the molecule is O=C(c1ccc2occc2c1)C1CCCN1. The molecule has 1 saturated heterocycles. The van der Waals surface area contributed by atoms with Gasteiger partial charge in [-0.1, -0.05) is 0 Å². The molecule has 3 nitrogen and oxygen atoms in total. The first kappa shape index (κ1) is 9.60. The first-order valence-corrected chi connectivity index (χ1v) is 5.59. The van der Waals surface area contributed by atoms with E-state index in [2.05, 4.69) is 5.32 Å². The maximum absolute atomic E-state index is 12.1. The fourth-order valence-electron chi connectivity index (χ4n) is 2.23. The molecule has 0 bridgehead atoms. The van der Waals surface area contributed by atoms with Crippen LogP contribution in [0.5, 0.6) is 0 Å². The molecule has 0 aliphatic carbocycles. The summed E-state index contributed by atoms with van der Waals surface area (Å²) in [6, 6.07) is 7.49. The van der Waals surface area contributed by atoms with Crippen LogP contribution in [0, 0.1) is 0 Å². The van der Waals surface area contributed by atoms with Crippen molar-refractivity contribution in [2.45, 2.75) is 18.9 Å². The summed E-state index contributed by atoms with van der Waals surface area (Å²) in [7, 11) is 0. The third-order valence-corrected chi connectivity index (χ3v) is 3.11. The zero-order valence-corrected chi connectivity index (χ0v) is 8.90. The Morgan fingerprint density at radius 2 is 2.31 bits per heavy atom. The number of hydrogen-bond acceptors (Lipinski definition) is 3. The molecule has 1 aromatic heterocycles. The number of furan rings is 1. The lowest BCUT2D eigenvalue weighted by molar-refractivity contribution is 0.0952. The summed E-state index contributed by atoms with van der Waals surface area (Å²) in [6.45, 7) is 0.949. The van der Waals surface area contributed by atoms with Gasteiger partial charge in [-0.2, -0.15) is 0 Å². The summed E-state index contributed by atoms with van der Waals surface area (Å²) in [5, 5.41) is 4.21. The summed E-state index contributed by atoms with van der Waals surface area (Å²) < 4.78 is 5.25. The first-order valence-electron chi connectivity index (χ1n) is 5.59. The average Bonchev–Trinajstić information content (AvgIpc) is 2.98. The molecule has 3 rings (SSSR count). The first-order chi connectivity index (χ1) is 7.84. The van der Waals surface area contributed by atoms with Crippen LogP contribution in [0.3, 0.4) is 0 Å². The van der Waals surface area contributed by atoms with Crippen molar-refractivity contribution in [2.75, 3.05) is 6.54 Å². The Labute approximate surface area is 93.4 Å². The molecule has 0 amide bonds. The van der Waals surface area contributed by atoms with E-state index in [4.69, 9.17) is 4.42 Å². The van der Waals surface area contributed by atoms with Crippen molar-refractivity contribution in [3.8, 4) is 0 Å². The maximum atomic E-state index is 12.1. The van der Waals surface area contributed by atoms with E-state index in [-0.39, 0.29) is 11.8 Å². The zero-order valence-electron chi connectivity index (χ0n) is 8.90. The Hall–Kier alpha value is -1.61. The molecule has 0 radical (unpaired) electrons. The normalized spacial score (nSPS) is 20.4. The predicted molar refractivity (Wildman–Crippen MR) is 61.6 cm³/mol. The Kier molecular flexibility index (Phi) is 2.26. The second kappa shape index (κ2) is 3.76. The van der Waals surface area contributed by atoms with E-state index in [0.717, 1.165) is 35.9 Å². The van der Waals surface area contributed by atoms with E-state index in [9.17, 15) is 4.79 Å². The standard InChI is InChI=1S/C13H13NO2/c15-13(11-2-1-6-14-11)10-3-4-12-9(8-10)5-7-16-12/h3-5,7-8,11,14H,1-2,6H2. The molecule has 1 atom stereocenters. The molecule has 82 valence electrons. The fraction of sp³-hybridized carbons (Fsp3) is 0.308. The van der Waals surface area contributed by atoms with Gasteiger partial charge in [0.05, 0.1) is 12.3 Å². The number of carbonyl (C=O) groups is 1. The van der Waals surface area contributed by atoms with E-state index in [1.807, 2.05) is 24.3 Å². The van der Waals surface area contributed by atoms with E-state index < -0.39 is 0 Å². The van der Waals surface area contributed by atoms with Crippen LogP contribution in [0.1, 0.15) is 23.2 Å². The molecular weight excluding hydrogens is 202 g/mol. The van der Waals surface area contributed by atoms with Crippen LogP contribution in [-0.4, -0.2) is 18.4 Å². The quantitative estimate of drug-likeness (QED) is 0.782. The van der Waals surface area contributed by atoms with Gasteiger partial charge in [-0.3, -0.25) is 4.79 Å². The van der Waals surface area contributed by atoms with Crippen LogP contribution in [0.15, 0.2) is 34.9 Å². The molecule has 1 aromatic carbocycles. The minimum atomic E-state index is 0.00403. The van der Waals surface area contributed by atoms with Gasteiger partial charge < -0.3 is 9.73 Å². The summed E-state index contributed by atoms with van der Waals surface area (Å²) in [6.07, 6.45) is 3.68. The van der Waals surface area contributed by atoms with Crippen molar-refractivity contribution in [2.24, 2.45) is 0 Å². The highest BCUT2D eigenvalue weighted by Gasteiger charge is 2.23. The molecule has 16 heavy (non-hydrogen) atoms. The van der Waals surface area contributed by atoms with Crippen molar-refractivity contribution in [1.29, 1.82) is 0 Å². The van der Waals surface area contributed by atoms with Crippen molar-refractivity contribution in [3.63, 3.8) is 0 Å². The van der Waals surface area contributed by atoms with Crippen molar-refractivity contribution in [3.05, 3.63) is 36.1 Å². The highest BCUT2D eigenvalue weighted by molar-refractivity contribution is 6.02. The van der Waals surface area contributed by atoms with Crippen LogP contribution in [-0.2, 0) is 0 Å². The summed E-state index contributed by atoms with van der Waals surface area (Å²) >= 11 is 0. The highest BCUT2D eigenvalue weighted by atomic mass is 16.3. The van der Waals surface area contributed by atoms with Gasteiger partial charge in [0.15, 0.2) is 5.78 Å². The molecule has 2 aromatic rings. The van der Waals surface area contributed by atoms with E-state index >= 15 is 0 Å². The van der Waals surface area contributed by atoms with Crippen LogP contribution in [0.25, 0.3) is 11.0 Å². The van der Waals surface area contributed by atoms with Gasteiger partial charge >= 0.3 is 0 Å². The largest absolute Gasteiger partial charge is 0.464 e. The number of hydrogen-bond donors (Lipinski definition) is 1. The van der Waals surface area contributed by atoms with Gasteiger partial charge in [-0.25, -0.2) is 0 Å². The van der Waals surface area contributed by atoms with Gasteiger partial charge in [0.25, 0.3) is 0 Å². The monoisotopic (exact) mass is 215 g/mol. The third-order valence-electron chi connectivity index (χ3n) is 3.11. The summed E-state index contributed by atoms with van der Waals surface area (Å²) in [5.41, 5.74) is 1.60. The van der Waals surface area contributed by atoms with Gasteiger partial charge in [-0.15, -0.1) is 0 Å². The molecule has 3 heteroatoms. The van der Waals surface area contributed by atoms with Crippen LogP contribution >= 0.6 is 0 Å². The van der Waals surface area contributed by atoms with Gasteiger partial charge in [0.1, 0.15) is 5.58 Å². The zero-order chi connectivity index (χ0) is 11.0. The number of fused-ring (bicyclic) bond motifs is 1. The second-order valence-electron chi connectivity index (χ2n) is 4.19. The minimum Gasteiger partial charge on any atom is -0.464 e. The van der Waals surface area contributed by atoms with E-state index in [1.54, 1.807) is 6.26 Å². The number of nitrogens with one attached hydrogen (secondary N) is 1. The van der Waals surface area contributed by atoms with Gasteiger partial charge in [-0.05, 0) is 43.7 Å². The molecule has 1 aliphatic rings. The van der Waals surface area contributed by atoms with Crippen molar-refractivity contribution >= 4 is 16.8 Å². The minimum absolute atomic E-state index is 0.00403. The predicted octanol–water partition coefficient (Wildman–Crippen LogP) is 2.37. The molecule has 1 N–H and O–H groups in total. The average molecular weight is 215 g/mol.